The fourth-order valence-electron chi connectivity index (χ4n) is 4.93. The smallest absolute Gasteiger partial charge is 0.354 e. The summed E-state index contributed by atoms with van der Waals surface area (Å²) in [7, 11) is 0. The van der Waals surface area contributed by atoms with Crippen LogP contribution in [0.3, 0.4) is 0 Å². The molecule has 1 aliphatic rings. The van der Waals surface area contributed by atoms with Gasteiger partial charge in [-0.25, -0.2) is 9.18 Å². The molecule has 11 heteroatoms. The Morgan fingerprint density at radius 3 is 2.68 bits per heavy atom. The van der Waals surface area contributed by atoms with Crippen LogP contribution in [0.1, 0.15) is 43.2 Å². The molecule has 7 N–H and O–H groups in total. The molecule has 9 nitrogen and oxygen atoms in total. The van der Waals surface area contributed by atoms with Crippen LogP contribution in [-0.2, 0) is 17.8 Å². The molecule has 0 radical (unpaired) electrons. The normalized spacial score (nSPS) is 13.9. The van der Waals surface area contributed by atoms with Crippen molar-refractivity contribution < 1.29 is 9.13 Å². The Hall–Kier alpha value is -3.73. The molecule has 0 saturated heterocycles. The Balaban J connectivity index is 1.29. The second-order valence-electron chi connectivity index (χ2n) is 10.6. The van der Waals surface area contributed by atoms with Crippen molar-refractivity contribution in [3.8, 4) is 16.9 Å². The summed E-state index contributed by atoms with van der Waals surface area (Å²) in [6.45, 7) is 1.47. The van der Waals surface area contributed by atoms with Crippen LogP contribution in [-0.4, -0.2) is 39.7 Å². The fourth-order valence-corrected chi connectivity index (χ4v) is 5.17. The minimum absolute atomic E-state index is 0.0630. The highest BCUT2D eigenvalue weighted by Crippen LogP contribution is 2.34. The van der Waals surface area contributed by atoms with Crippen LogP contribution in [0.2, 0.25) is 5.02 Å². The van der Waals surface area contributed by atoms with E-state index in [4.69, 9.17) is 33.5 Å². The van der Waals surface area contributed by atoms with Crippen molar-refractivity contribution in [2.75, 3.05) is 13.2 Å². The molecule has 2 aromatic carbocycles. The summed E-state index contributed by atoms with van der Waals surface area (Å²) in [6.07, 6.45) is 7.46. The van der Waals surface area contributed by atoms with E-state index in [2.05, 4.69) is 15.0 Å². The maximum Gasteiger partial charge on any atom is 0.354 e. The van der Waals surface area contributed by atoms with Gasteiger partial charge < -0.3 is 26.9 Å². The lowest BCUT2D eigenvalue weighted by atomic mass is 10.00. The van der Waals surface area contributed by atoms with Crippen LogP contribution in [0.15, 0.2) is 58.4 Å². The summed E-state index contributed by atoms with van der Waals surface area (Å²) in [4.78, 5) is 24.1. The molecule has 41 heavy (non-hydrogen) atoms. The lowest BCUT2D eigenvalue weighted by Gasteiger charge is -2.11. The predicted molar refractivity (Wildman–Crippen MR) is 161 cm³/mol. The van der Waals surface area contributed by atoms with Gasteiger partial charge in [-0.3, -0.25) is 9.56 Å². The third-order valence-corrected chi connectivity index (χ3v) is 7.62. The van der Waals surface area contributed by atoms with Gasteiger partial charge in [-0.1, -0.05) is 23.7 Å². The predicted octanol–water partition coefficient (Wildman–Crippen LogP) is 4.41. The molecule has 1 atom stereocenters. The summed E-state index contributed by atoms with van der Waals surface area (Å²) in [5, 5.41) is 0.733. The number of rotatable bonds is 13. The number of benzene rings is 2. The number of aryl methyl sites for hydroxylation is 1. The van der Waals surface area contributed by atoms with E-state index in [1.807, 2.05) is 30.3 Å². The van der Waals surface area contributed by atoms with E-state index in [0.29, 0.717) is 60.1 Å². The molecule has 2 aromatic heterocycles. The van der Waals surface area contributed by atoms with Gasteiger partial charge in [-0.15, -0.1) is 0 Å². The van der Waals surface area contributed by atoms with Crippen molar-refractivity contribution in [2.45, 2.75) is 51.2 Å². The molecule has 1 unspecified atom stereocenters. The molecule has 0 spiro atoms. The molecule has 1 aliphatic carbocycles. The average Bonchev–Trinajstić information content (AvgIpc) is 3.72. The number of H-pyrrole nitrogens is 1. The average molecular weight is 580 g/mol. The number of ether oxygens (including phenoxy) is 1. The van der Waals surface area contributed by atoms with Gasteiger partial charge in [0.25, 0.3) is 0 Å². The van der Waals surface area contributed by atoms with Crippen LogP contribution in [0.4, 0.5) is 4.39 Å². The molecule has 0 bridgehead atoms. The van der Waals surface area contributed by atoms with E-state index in [1.54, 1.807) is 18.3 Å². The Morgan fingerprint density at radius 2 is 1.95 bits per heavy atom. The highest BCUT2D eigenvalue weighted by molar-refractivity contribution is 6.31. The topological polar surface area (TPSA) is 150 Å². The van der Waals surface area contributed by atoms with Gasteiger partial charge in [-0.05, 0) is 85.9 Å². The molecular formula is C30H35ClFN7O2. The monoisotopic (exact) mass is 579 g/mol. The van der Waals surface area contributed by atoms with Crippen LogP contribution in [0, 0.1) is 11.7 Å². The van der Waals surface area contributed by atoms with Crippen LogP contribution >= 0.6 is 11.6 Å². The standard InChI is InChI=1S/C30H35ClFN7O2/c31-24-14-19(3-1-4-25(33)20-7-8-20)13-23(27(24)32)26-15-21-16-39(30(40)38-28(21)37-26)22-9-5-18(6-10-22)17-41-12-2-11-36-29(34)35/h5-6,9-10,13-16,20,25H,1-4,7-8,11-12,17,33H2,(H4,34,35,36)(H,37,38,40). The minimum atomic E-state index is -0.513. The number of aromatic nitrogens is 3. The first-order valence-corrected chi connectivity index (χ1v) is 14.2. The number of hydrogen-bond acceptors (Lipinski definition) is 5. The maximum atomic E-state index is 15.1. The summed E-state index contributed by atoms with van der Waals surface area (Å²) in [6, 6.07) is 12.9. The number of halogens is 2. The largest absolute Gasteiger partial charge is 0.377 e. The zero-order valence-electron chi connectivity index (χ0n) is 22.8. The van der Waals surface area contributed by atoms with E-state index >= 15 is 4.39 Å². The van der Waals surface area contributed by atoms with Gasteiger partial charge in [0.15, 0.2) is 11.8 Å². The Labute approximate surface area is 242 Å². The maximum absolute atomic E-state index is 15.1. The number of nitrogens with one attached hydrogen (secondary N) is 1. The molecule has 5 rings (SSSR count). The molecule has 216 valence electrons. The first-order chi connectivity index (χ1) is 19.8. The van der Waals surface area contributed by atoms with Gasteiger partial charge in [0.2, 0.25) is 0 Å². The Morgan fingerprint density at radius 1 is 1.17 bits per heavy atom. The van der Waals surface area contributed by atoms with Crippen LogP contribution in [0.25, 0.3) is 28.0 Å². The van der Waals surface area contributed by atoms with E-state index in [9.17, 15) is 4.79 Å². The van der Waals surface area contributed by atoms with Gasteiger partial charge in [0.1, 0.15) is 5.65 Å². The number of aromatic amines is 1. The van der Waals surface area contributed by atoms with Crippen molar-refractivity contribution in [1.29, 1.82) is 0 Å². The van der Waals surface area contributed by atoms with E-state index < -0.39 is 11.5 Å². The summed E-state index contributed by atoms with van der Waals surface area (Å²) in [5.41, 5.74) is 20.2. The number of hydrogen-bond donors (Lipinski definition) is 4. The van der Waals surface area contributed by atoms with Crippen molar-refractivity contribution in [2.24, 2.45) is 28.1 Å². The lowest BCUT2D eigenvalue weighted by molar-refractivity contribution is 0.120. The molecule has 1 saturated carbocycles. The lowest BCUT2D eigenvalue weighted by Crippen LogP contribution is -2.23. The summed E-state index contributed by atoms with van der Waals surface area (Å²) in [5.74, 6) is 0.210. The van der Waals surface area contributed by atoms with Gasteiger partial charge in [-0.2, -0.15) is 4.98 Å². The summed E-state index contributed by atoms with van der Waals surface area (Å²) >= 11 is 6.27. The highest BCUT2D eigenvalue weighted by atomic mass is 35.5. The number of guanidine groups is 1. The molecule has 0 amide bonds. The SMILES string of the molecule is NC(N)=NCCCOCc1ccc(-n2cc3cc(-c4cc(CCCC(N)C5CC5)cc(Cl)c4F)[nH]c3nc2=O)cc1. The zero-order valence-corrected chi connectivity index (χ0v) is 23.5. The number of fused-ring (bicyclic) bond motifs is 1. The second kappa shape index (κ2) is 12.8. The quantitative estimate of drug-likeness (QED) is 0.105. The molecule has 4 aromatic rings. The van der Waals surface area contributed by atoms with Crippen molar-refractivity contribution in [1.82, 2.24) is 14.5 Å². The third-order valence-electron chi connectivity index (χ3n) is 7.34. The van der Waals surface area contributed by atoms with Crippen LogP contribution in [0.5, 0.6) is 0 Å². The van der Waals surface area contributed by atoms with Crippen LogP contribution < -0.4 is 22.9 Å². The molecule has 2 heterocycles. The van der Waals surface area contributed by atoms with Crippen molar-refractivity contribution >= 4 is 28.6 Å². The first kappa shape index (κ1) is 28.8. The number of nitrogens with zero attached hydrogens (tertiary/aromatic N) is 3. The Kier molecular flexibility index (Phi) is 9.02. The number of aliphatic imine (C=N–C) groups is 1. The minimum Gasteiger partial charge on any atom is -0.377 e. The van der Waals surface area contributed by atoms with Gasteiger partial charge in [0.05, 0.1) is 23.0 Å². The molecule has 0 aliphatic heterocycles. The Bertz CT molecular complexity index is 1590. The fraction of sp³-hybridized carbons (Fsp3) is 0.367. The first-order valence-electron chi connectivity index (χ1n) is 13.9. The third kappa shape index (κ3) is 7.32. The van der Waals surface area contributed by atoms with E-state index in [0.717, 1.165) is 30.4 Å². The van der Waals surface area contributed by atoms with E-state index in [-0.39, 0.29) is 17.0 Å². The van der Waals surface area contributed by atoms with Gasteiger partial charge in [0, 0.05) is 36.3 Å². The highest BCUT2D eigenvalue weighted by Gasteiger charge is 2.27. The molecular weight excluding hydrogens is 545 g/mol. The van der Waals surface area contributed by atoms with E-state index in [1.165, 1.54) is 17.4 Å². The van der Waals surface area contributed by atoms with Crippen molar-refractivity contribution in [3.05, 3.63) is 81.1 Å². The summed E-state index contributed by atoms with van der Waals surface area (Å²) < 4.78 is 22.2. The molecule has 1 fully saturated rings. The van der Waals surface area contributed by atoms with Gasteiger partial charge >= 0.3 is 5.69 Å². The second-order valence-corrected chi connectivity index (χ2v) is 11.0. The zero-order chi connectivity index (χ0) is 28.9. The number of nitrogens with two attached hydrogens (primary N) is 3. The van der Waals surface area contributed by atoms with Crippen molar-refractivity contribution in [3.63, 3.8) is 0 Å².